The number of hydrazine groups is 1. The molecule has 2 heterocycles. The second kappa shape index (κ2) is 6.35. The Labute approximate surface area is 118 Å². The largest absolute Gasteiger partial charge is 0.469 e. The fourth-order valence-corrected chi connectivity index (χ4v) is 1.91. The van der Waals surface area contributed by atoms with E-state index in [-0.39, 0.29) is 5.91 Å². The first-order valence-corrected chi connectivity index (χ1v) is 6.42. The van der Waals surface area contributed by atoms with E-state index in [4.69, 9.17) is 10.3 Å². The molecule has 2 aromatic heterocycles. The Kier molecular flexibility index (Phi) is 4.53. The van der Waals surface area contributed by atoms with Crippen LogP contribution in [0.4, 0.5) is 5.82 Å². The molecule has 0 radical (unpaired) electrons. The van der Waals surface area contributed by atoms with Gasteiger partial charge in [-0.3, -0.25) is 4.79 Å². The highest BCUT2D eigenvalue weighted by Gasteiger charge is 2.12. The van der Waals surface area contributed by atoms with E-state index in [1.54, 1.807) is 18.5 Å². The maximum Gasteiger partial charge on any atom is 0.255 e. The first-order chi connectivity index (χ1) is 9.20. The standard InChI is InChI=1S/C12H13BrN4O2/c13-8-6-10(11(17-14)16-7-8)12(18)15-4-3-9-2-1-5-19-9/h1-2,5-7H,3-4,14H2,(H,15,18)(H,16,17). The Morgan fingerprint density at radius 2 is 2.37 bits per heavy atom. The van der Waals surface area contributed by atoms with Gasteiger partial charge in [0.2, 0.25) is 0 Å². The van der Waals surface area contributed by atoms with Crippen LogP contribution < -0.4 is 16.6 Å². The molecule has 100 valence electrons. The number of carbonyl (C=O) groups is 1. The number of furan rings is 1. The number of hydrogen-bond acceptors (Lipinski definition) is 5. The molecule has 0 saturated heterocycles. The molecular formula is C12H13BrN4O2. The van der Waals surface area contributed by atoms with Gasteiger partial charge in [0.1, 0.15) is 5.76 Å². The molecule has 0 aliphatic heterocycles. The zero-order valence-corrected chi connectivity index (χ0v) is 11.6. The Balaban J connectivity index is 1.97. The van der Waals surface area contributed by atoms with Crippen LogP contribution in [0.25, 0.3) is 0 Å². The van der Waals surface area contributed by atoms with Crippen molar-refractivity contribution in [1.82, 2.24) is 10.3 Å². The van der Waals surface area contributed by atoms with Crippen molar-refractivity contribution in [2.24, 2.45) is 5.84 Å². The summed E-state index contributed by atoms with van der Waals surface area (Å²) in [7, 11) is 0. The average molecular weight is 325 g/mol. The highest BCUT2D eigenvalue weighted by molar-refractivity contribution is 9.10. The van der Waals surface area contributed by atoms with Crippen LogP contribution in [-0.4, -0.2) is 17.4 Å². The van der Waals surface area contributed by atoms with Crippen molar-refractivity contribution in [3.8, 4) is 0 Å². The van der Waals surface area contributed by atoms with Gasteiger partial charge in [-0.15, -0.1) is 0 Å². The molecule has 6 nitrogen and oxygen atoms in total. The highest BCUT2D eigenvalue weighted by Crippen LogP contribution is 2.17. The van der Waals surface area contributed by atoms with E-state index < -0.39 is 0 Å². The molecule has 2 rings (SSSR count). The van der Waals surface area contributed by atoms with Crippen molar-refractivity contribution < 1.29 is 9.21 Å². The minimum atomic E-state index is -0.242. The third kappa shape index (κ3) is 3.55. The summed E-state index contributed by atoms with van der Waals surface area (Å²) in [5.74, 6) is 6.24. The summed E-state index contributed by atoms with van der Waals surface area (Å²) in [6.45, 7) is 0.475. The Bertz CT molecular complexity index is 557. The van der Waals surface area contributed by atoms with Crippen LogP contribution >= 0.6 is 15.9 Å². The summed E-state index contributed by atoms with van der Waals surface area (Å²) in [5.41, 5.74) is 2.78. The molecule has 0 spiro atoms. The van der Waals surface area contributed by atoms with Gasteiger partial charge >= 0.3 is 0 Å². The molecule has 1 amide bonds. The van der Waals surface area contributed by atoms with Crippen LogP contribution in [0.1, 0.15) is 16.1 Å². The maximum atomic E-state index is 12.0. The van der Waals surface area contributed by atoms with Gasteiger partial charge in [-0.05, 0) is 34.1 Å². The smallest absolute Gasteiger partial charge is 0.255 e. The third-order valence-electron chi connectivity index (χ3n) is 2.47. The first kappa shape index (κ1) is 13.6. The van der Waals surface area contributed by atoms with Crippen LogP contribution in [0.5, 0.6) is 0 Å². The van der Waals surface area contributed by atoms with E-state index >= 15 is 0 Å². The SMILES string of the molecule is NNc1ncc(Br)cc1C(=O)NCCc1ccco1. The van der Waals surface area contributed by atoms with Gasteiger partial charge < -0.3 is 15.2 Å². The molecule has 0 fully saturated rings. The average Bonchev–Trinajstić information content (AvgIpc) is 2.91. The number of nitrogens with zero attached hydrogens (tertiary/aromatic N) is 1. The summed E-state index contributed by atoms with van der Waals surface area (Å²) < 4.78 is 5.89. The topological polar surface area (TPSA) is 93.2 Å². The lowest BCUT2D eigenvalue weighted by atomic mass is 10.2. The number of carbonyl (C=O) groups excluding carboxylic acids is 1. The molecule has 0 aliphatic carbocycles. The van der Waals surface area contributed by atoms with Gasteiger partial charge in [0.25, 0.3) is 5.91 Å². The number of amides is 1. The molecule has 0 bridgehead atoms. The predicted molar refractivity (Wildman–Crippen MR) is 74.5 cm³/mol. The van der Waals surface area contributed by atoms with Gasteiger partial charge in [0, 0.05) is 23.6 Å². The lowest BCUT2D eigenvalue weighted by Crippen LogP contribution is -2.27. The second-order valence-electron chi connectivity index (χ2n) is 3.78. The number of nitrogens with one attached hydrogen (secondary N) is 2. The van der Waals surface area contributed by atoms with Crippen LogP contribution in [0.15, 0.2) is 39.5 Å². The molecule has 0 unspecified atom stereocenters. The Hall–Kier alpha value is -1.86. The number of nitrogen functional groups attached to an aromatic ring is 1. The minimum absolute atomic E-state index is 0.242. The maximum absolute atomic E-state index is 12.0. The number of rotatable bonds is 5. The van der Waals surface area contributed by atoms with Crippen LogP contribution in [0.2, 0.25) is 0 Å². The fraction of sp³-hybridized carbons (Fsp3) is 0.167. The number of halogens is 1. The van der Waals surface area contributed by atoms with Gasteiger partial charge in [0.15, 0.2) is 5.82 Å². The van der Waals surface area contributed by atoms with E-state index in [1.165, 1.54) is 0 Å². The number of anilines is 1. The lowest BCUT2D eigenvalue weighted by Gasteiger charge is -2.08. The van der Waals surface area contributed by atoms with Crippen LogP contribution in [0, 0.1) is 0 Å². The van der Waals surface area contributed by atoms with E-state index in [0.717, 1.165) is 5.76 Å². The van der Waals surface area contributed by atoms with Gasteiger partial charge in [-0.25, -0.2) is 10.8 Å². The van der Waals surface area contributed by atoms with Crippen molar-refractivity contribution in [1.29, 1.82) is 0 Å². The van der Waals surface area contributed by atoms with E-state index in [0.29, 0.717) is 28.8 Å². The lowest BCUT2D eigenvalue weighted by molar-refractivity contribution is 0.0954. The van der Waals surface area contributed by atoms with Gasteiger partial charge in [-0.2, -0.15) is 0 Å². The van der Waals surface area contributed by atoms with Crippen LogP contribution in [-0.2, 0) is 6.42 Å². The summed E-state index contributed by atoms with van der Waals surface area (Å²) in [6, 6.07) is 5.33. The zero-order valence-electron chi connectivity index (χ0n) is 10.0. The second-order valence-corrected chi connectivity index (χ2v) is 4.69. The Morgan fingerprint density at radius 3 is 3.05 bits per heavy atom. The quantitative estimate of drug-likeness (QED) is 0.575. The molecule has 7 heteroatoms. The first-order valence-electron chi connectivity index (χ1n) is 5.63. The van der Waals surface area contributed by atoms with E-state index in [1.807, 2.05) is 12.1 Å². The number of pyridine rings is 1. The Morgan fingerprint density at radius 1 is 1.53 bits per heavy atom. The monoisotopic (exact) mass is 324 g/mol. The van der Waals surface area contributed by atoms with Gasteiger partial charge in [0.05, 0.1) is 11.8 Å². The van der Waals surface area contributed by atoms with Gasteiger partial charge in [-0.1, -0.05) is 0 Å². The molecule has 0 atom stereocenters. The summed E-state index contributed by atoms with van der Waals surface area (Å²) in [4.78, 5) is 16.0. The molecule has 0 saturated carbocycles. The van der Waals surface area contributed by atoms with E-state index in [9.17, 15) is 4.79 Å². The van der Waals surface area contributed by atoms with Crippen molar-refractivity contribution in [2.75, 3.05) is 12.0 Å². The molecule has 0 aliphatic rings. The number of aromatic nitrogens is 1. The zero-order chi connectivity index (χ0) is 13.7. The third-order valence-corrected chi connectivity index (χ3v) is 2.91. The summed E-state index contributed by atoms with van der Waals surface area (Å²) in [5, 5.41) is 2.78. The van der Waals surface area contributed by atoms with Crippen molar-refractivity contribution in [3.05, 3.63) is 46.5 Å². The van der Waals surface area contributed by atoms with Crippen molar-refractivity contribution in [2.45, 2.75) is 6.42 Å². The minimum Gasteiger partial charge on any atom is -0.469 e. The predicted octanol–water partition coefficient (Wildman–Crippen LogP) is 1.70. The fourth-order valence-electron chi connectivity index (χ4n) is 1.58. The molecule has 2 aromatic rings. The van der Waals surface area contributed by atoms with E-state index in [2.05, 4.69) is 31.7 Å². The van der Waals surface area contributed by atoms with Crippen LogP contribution in [0.3, 0.4) is 0 Å². The number of nitrogens with two attached hydrogens (primary N) is 1. The summed E-state index contributed by atoms with van der Waals surface area (Å²) in [6.07, 6.45) is 3.80. The number of hydrogen-bond donors (Lipinski definition) is 3. The summed E-state index contributed by atoms with van der Waals surface area (Å²) >= 11 is 3.27. The molecular weight excluding hydrogens is 312 g/mol. The molecule has 4 N–H and O–H groups in total. The highest BCUT2D eigenvalue weighted by atomic mass is 79.9. The van der Waals surface area contributed by atoms with Crippen molar-refractivity contribution in [3.63, 3.8) is 0 Å². The van der Waals surface area contributed by atoms with Crippen molar-refractivity contribution >= 4 is 27.7 Å². The molecule has 0 aromatic carbocycles. The molecule has 19 heavy (non-hydrogen) atoms. The normalized spacial score (nSPS) is 10.2.